The van der Waals surface area contributed by atoms with Crippen molar-refractivity contribution in [3.63, 3.8) is 0 Å². The van der Waals surface area contributed by atoms with Gasteiger partial charge >= 0.3 is 0 Å². The average molecular weight is 272 g/mol. The largest absolute Gasteiger partial charge is 0.317 e. The predicted octanol–water partition coefficient (Wildman–Crippen LogP) is 2.34. The zero-order valence-corrected chi connectivity index (χ0v) is 10.8. The van der Waals surface area contributed by atoms with E-state index in [0.29, 0.717) is 0 Å². The van der Waals surface area contributed by atoms with Crippen LogP contribution in [0.15, 0.2) is 10.8 Å². The van der Waals surface area contributed by atoms with E-state index < -0.39 is 0 Å². The summed E-state index contributed by atoms with van der Waals surface area (Å²) in [6.45, 7) is 5.49. The molecule has 1 fully saturated rings. The summed E-state index contributed by atoms with van der Waals surface area (Å²) in [5, 5.41) is 7.75. The van der Waals surface area contributed by atoms with Gasteiger partial charge in [-0.05, 0) is 61.1 Å². The zero-order valence-electron chi connectivity index (χ0n) is 9.17. The van der Waals surface area contributed by atoms with Gasteiger partial charge in [0.25, 0.3) is 0 Å². The van der Waals surface area contributed by atoms with Crippen LogP contribution in [0.5, 0.6) is 0 Å². The van der Waals surface area contributed by atoms with Crippen molar-refractivity contribution in [1.29, 1.82) is 0 Å². The first kappa shape index (κ1) is 11.1. The van der Waals surface area contributed by atoms with E-state index in [0.717, 1.165) is 17.1 Å². The molecule has 84 valence electrons. The highest BCUT2D eigenvalue weighted by Gasteiger charge is 2.13. The van der Waals surface area contributed by atoms with E-state index in [-0.39, 0.29) is 0 Å². The fourth-order valence-electron chi connectivity index (χ4n) is 2.09. The van der Waals surface area contributed by atoms with E-state index in [9.17, 15) is 0 Å². The SMILES string of the molecule is Cc1cnn(CCC2CCNCC2)c1Br. The maximum Gasteiger partial charge on any atom is 0.106 e. The number of rotatable bonds is 3. The zero-order chi connectivity index (χ0) is 10.7. The Labute approximate surface area is 99.4 Å². The lowest BCUT2D eigenvalue weighted by atomic mass is 9.95. The highest BCUT2D eigenvalue weighted by molar-refractivity contribution is 9.10. The number of piperidine rings is 1. The standard InChI is InChI=1S/C11H18BrN3/c1-9-8-14-15(11(9)12)7-4-10-2-5-13-6-3-10/h8,10,13H,2-7H2,1H3. The van der Waals surface area contributed by atoms with Crippen LogP contribution in [0.1, 0.15) is 24.8 Å². The smallest absolute Gasteiger partial charge is 0.106 e. The lowest BCUT2D eigenvalue weighted by Gasteiger charge is -2.22. The van der Waals surface area contributed by atoms with Gasteiger partial charge in [-0.2, -0.15) is 5.10 Å². The van der Waals surface area contributed by atoms with E-state index in [2.05, 4.69) is 38.0 Å². The lowest BCUT2D eigenvalue weighted by molar-refractivity contribution is 0.331. The minimum absolute atomic E-state index is 0.877. The highest BCUT2D eigenvalue weighted by Crippen LogP contribution is 2.20. The molecule has 2 rings (SSSR count). The number of hydrogen-bond donors (Lipinski definition) is 1. The molecule has 0 spiro atoms. The molecule has 0 aliphatic carbocycles. The van der Waals surface area contributed by atoms with Gasteiger partial charge in [0.2, 0.25) is 0 Å². The summed E-state index contributed by atoms with van der Waals surface area (Å²) in [5.41, 5.74) is 1.22. The lowest BCUT2D eigenvalue weighted by Crippen LogP contribution is -2.28. The summed E-state index contributed by atoms with van der Waals surface area (Å²) in [4.78, 5) is 0. The molecule has 1 aromatic rings. The highest BCUT2D eigenvalue weighted by atomic mass is 79.9. The normalized spacial score (nSPS) is 18.3. The van der Waals surface area contributed by atoms with Crippen LogP contribution < -0.4 is 5.32 Å². The molecule has 15 heavy (non-hydrogen) atoms. The van der Waals surface area contributed by atoms with Crippen molar-refractivity contribution in [2.24, 2.45) is 5.92 Å². The summed E-state index contributed by atoms with van der Waals surface area (Å²) in [5.74, 6) is 0.877. The minimum Gasteiger partial charge on any atom is -0.317 e. The van der Waals surface area contributed by atoms with Crippen molar-refractivity contribution >= 4 is 15.9 Å². The van der Waals surface area contributed by atoms with Crippen molar-refractivity contribution in [3.8, 4) is 0 Å². The molecule has 1 aliphatic heterocycles. The molecular weight excluding hydrogens is 254 g/mol. The summed E-state index contributed by atoms with van der Waals surface area (Å²) in [6.07, 6.45) is 5.81. The molecule has 2 heterocycles. The van der Waals surface area contributed by atoms with Crippen LogP contribution in [-0.2, 0) is 6.54 Å². The second-order valence-corrected chi connectivity index (χ2v) is 5.07. The van der Waals surface area contributed by atoms with Gasteiger partial charge in [0.15, 0.2) is 0 Å². The number of halogens is 1. The van der Waals surface area contributed by atoms with E-state index in [1.165, 1.54) is 37.9 Å². The Balaban J connectivity index is 1.84. The second-order valence-electron chi connectivity index (χ2n) is 4.32. The first-order chi connectivity index (χ1) is 7.27. The molecule has 1 N–H and O–H groups in total. The number of aromatic nitrogens is 2. The first-order valence-corrected chi connectivity index (χ1v) is 6.45. The fraction of sp³-hybridized carbons (Fsp3) is 0.727. The summed E-state index contributed by atoms with van der Waals surface area (Å²) in [7, 11) is 0. The van der Waals surface area contributed by atoms with Crippen LogP contribution in [0.2, 0.25) is 0 Å². The van der Waals surface area contributed by atoms with Crippen molar-refractivity contribution in [2.75, 3.05) is 13.1 Å². The third-order valence-corrected chi connectivity index (χ3v) is 4.19. The molecule has 1 aromatic heterocycles. The molecule has 0 saturated carbocycles. The monoisotopic (exact) mass is 271 g/mol. The van der Waals surface area contributed by atoms with Gasteiger partial charge in [-0.3, -0.25) is 4.68 Å². The Morgan fingerprint density at radius 1 is 1.53 bits per heavy atom. The van der Waals surface area contributed by atoms with Gasteiger partial charge in [-0.15, -0.1) is 0 Å². The second kappa shape index (κ2) is 5.12. The number of nitrogens with one attached hydrogen (secondary N) is 1. The number of hydrogen-bond acceptors (Lipinski definition) is 2. The maximum atomic E-state index is 4.35. The van der Waals surface area contributed by atoms with Crippen LogP contribution in [0, 0.1) is 12.8 Å². The van der Waals surface area contributed by atoms with Crippen LogP contribution in [0.3, 0.4) is 0 Å². The molecule has 1 saturated heterocycles. The van der Waals surface area contributed by atoms with Crippen molar-refractivity contribution in [1.82, 2.24) is 15.1 Å². The fourth-order valence-corrected chi connectivity index (χ4v) is 2.47. The molecule has 0 atom stereocenters. The average Bonchev–Trinajstić information content (AvgIpc) is 2.59. The molecule has 0 aromatic carbocycles. The topological polar surface area (TPSA) is 29.9 Å². The van der Waals surface area contributed by atoms with E-state index >= 15 is 0 Å². The van der Waals surface area contributed by atoms with Gasteiger partial charge in [-0.1, -0.05) is 0 Å². The van der Waals surface area contributed by atoms with E-state index in [4.69, 9.17) is 0 Å². The van der Waals surface area contributed by atoms with Gasteiger partial charge in [0.05, 0.1) is 6.20 Å². The van der Waals surface area contributed by atoms with Gasteiger partial charge in [0.1, 0.15) is 4.60 Å². The molecule has 4 heteroatoms. The maximum absolute atomic E-state index is 4.35. The van der Waals surface area contributed by atoms with Crippen LogP contribution in [0.25, 0.3) is 0 Å². The number of nitrogens with zero attached hydrogens (tertiary/aromatic N) is 2. The van der Waals surface area contributed by atoms with Crippen LogP contribution in [-0.4, -0.2) is 22.9 Å². The first-order valence-electron chi connectivity index (χ1n) is 5.66. The van der Waals surface area contributed by atoms with E-state index in [1.807, 2.05) is 6.20 Å². The van der Waals surface area contributed by atoms with Gasteiger partial charge in [-0.25, -0.2) is 0 Å². The third kappa shape index (κ3) is 2.82. The Morgan fingerprint density at radius 3 is 2.87 bits per heavy atom. The number of aryl methyl sites for hydroxylation is 2. The molecule has 0 unspecified atom stereocenters. The molecule has 1 aliphatic rings. The Kier molecular flexibility index (Phi) is 3.81. The van der Waals surface area contributed by atoms with Crippen LogP contribution >= 0.6 is 15.9 Å². The summed E-state index contributed by atoms with van der Waals surface area (Å²) in [6, 6.07) is 0. The molecule has 0 radical (unpaired) electrons. The quantitative estimate of drug-likeness (QED) is 0.915. The molecule has 3 nitrogen and oxygen atoms in total. The molecular formula is C11H18BrN3. The van der Waals surface area contributed by atoms with Crippen molar-refractivity contribution in [3.05, 3.63) is 16.4 Å². The Morgan fingerprint density at radius 2 is 2.27 bits per heavy atom. The predicted molar refractivity (Wildman–Crippen MR) is 64.9 cm³/mol. The third-order valence-electron chi connectivity index (χ3n) is 3.15. The van der Waals surface area contributed by atoms with E-state index in [1.54, 1.807) is 0 Å². The minimum atomic E-state index is 0.877. The molecule has 0 bridgehead atoms. The van der Waals surface area contributed by atoms with Gasteiger partial charge in [0, 0.05) is 12.1 Å². The summed E-state index contributed by atoms with van der Waals surface area (Å²) < 4.78 is 3.20. The van der Waals surface area contributed by atoms with Crippen LogP contribution in [0.4, 0.5) is 0 Å². The van der Waals surface area contributed by atoms with Crippen molar-refractivity contribution in [2.45, 2.75) is 32.7 Å². The Bertz CT molecular complexity index is 316. The van der Waals surface area contributed by atoms with Crippen molar-refractivity contribution < 1.29 is 0 Å². The molecule has 0 amide bonds. The van der Waals surface area contributed by atoms with Gasteiger partial charge < -0.3 is 5.32 Å². The Hall–Kier alpha value is -0.350. The summed E-state index contributed by atoms with van der Waals surface area (Å²) >= 11 is 3.56.